The van der Waals surface area contributed by atoms with Crippen molar-refractivity contribution in [3.63, 3.8) is 0 Å². The van der Waals surface area contributed by atoms with Crippen LogP contribution >= 0.6 is 11.7 Å². The monoisotopic (exact) mass is 468 g/mol. The van der Waals surface area contributed by atoms with Crippen molar-refractivity contribution in [2.75, 3.05) is 26.7 Å². The van der Waals surface area contributed by atoms with Crippen LogP contribution in [0.3, 0.4) is 0 Å². The second-order valence-electron chi connectivity index (χ2n) is 9.19. The van der Waals surface area contributed by atoms with Crippen LogP contribution in [-0.4, -0.2) is 58.5 Å². The van der Waals surface area contributed by atoms with Gasteiger partial charge in [0, 0.05) is 18.4 Å². The Morgan fingerprint density at radius 2 is 1.84 bits per heavy atom. The van der Waals surface area contributed by atoms with Gasteiger partial charge in [0.1, 0.15) is 12.2 Å². The Morgan fingerprint density at radius 1 is 1.09 bits per heavy atom. The van der Waals surface area contributed by atoms with Crippen molar-refractivity contribution < 1.29 is 23.5 Å². The van der Waals surface area contributed by atoms with Gasteiger partial charge >= 0.3 is 6.16 Å². The first-order chi connectivity index (χ1) is 15.4. The molecule has 2 heterocycles. The number of quaternary nitrogens is 1. The van der Waals surface area contributed by atoms with Crippen molar-refractivity contribution in [3.8, 4) is 5.88 Å². The van der Waals surface area contributed by atoms with Crippen LogP contribution in [0.1, 0.15) is 91.2 Å². The van der Waals surface area contributed by atoms with Crippen molar-refractivity contribution in [2.24, 2.45) is 0 Å². The van der Waals surface area contributed by atoms with E-state index in [1.54, 1.807) is 0 Å². The van der Waals surface area contributed by atoms with E-state index in [0.717, 1.165) is 62.9 Å². The van der Waals surface area contributed by atoms with Crippen molar-refractivity contribution in [1.82, 2.24) is 8.75 Å². The number of aromatic nitrogens is 2. The van der Waals surface area contributed by atoms with Crippen molar-refractivity contribution >= 4 is 23.5 Å². The highest BCUT2D eigenvalue weighted by molar-refractivity contribution is 6.99. The molecule has 1 aromatic heterocycles. The third kappa shape index (κ3) is 8.35. The van der Waals surface area contributed by atoms with Crippen LogP contribution in [0.4, 0.5) is 4.79 Å². The van der Waals surface area contributed by atoms with E-state index >= 15 is 0 Å². The van der Waals surface area contributed by atoms with Gasteiger partial charge in [-0.1, -0.05) is 52.0 Å². The predicted molar refractivity (Wildman–Crippen MR) is 129 cm³/mol. The number of likely N-dealkylation sites (N-methyl/N-ethyl adjacent to an activating group) is 1. The molecule has 0 bridgehead atoms. The zero-order valence-electron chi connectivity index (χ0n) is 20.6. The smallest absolute Gasteiger partial charge is 0.475 e. The second kappa shape index (κ2) is 13.8. The van der Waals surface area contributed by atoms with Crippen LogP contribution < -0.4 is 4.74 Å². The van der Waals surface area contributed by atoms with Gasteiger partial charge in [-0.3, -0.25) is 4.48 Å². The molecule has 1 aromatic rings. The van der Waals surface area contributed by atoms with E-state index in [1.807, 2.05) is 13.8 Å². The van der Waals surface area contributed by atoms with Gasteiger partial charge in [0.15, 0.2) is 0 Å². The number of unbranched alkanes of at least 4 members (excludes halogenated alkanes) is 5. The highest BCUT2D eigenvalue weighted by Crippen LogP contribution is 2.33. The Bertz CT molecular complexity index is 722. The lowest BCUT2D eigenvalue weighted by Crippen LogP contribution is -2.56. The molecule has 0 saturated heterocycles. The van der Waals surface area contributed by atoms with E-state index < -0.39 is 6.16 Å². The summed E-state index contributed by atoms with van der Waals surface area (Å²) in [4.78, 5) is 12.3. The highest BCUT2D eigenvalue weighted by Gasteiger charge is 2.39. The zero-order valence-corrected chi connectivity index (χ0v) is 21.4. The molecule has 0 aliphatic carbocycles. The minimum Gasteiger partial charge on any atom is -0.475 e. The predicted octanol–water partition coefficient (Wildman–Crippen LogP) is 6.20. The van der Waals surface area contributed by atoms with E-state index in [1.165, 1.54) is 31.0 Å². The Balaban J connectivity index is 2.08. The summed E-state index contributed by atoms with van der Waals surface area (Å²) in [5.74, 6) is 0.633. The molecular weight excluding hydrogens is 426 g/mol. The molecule has 0 N–H and O–H groups in total. The molecule has 7 nitrogen and oxygen atoms in total. The molecule has 182 valence electrons. The van der Waals surface area contributed by atoms with Crippen LogP contribution in [0.15, 0.2) is 6.08 Å². The maximum atomic E-state index is 12.3. The Kier molecular flexibility index (Phi) is 11.4. The molecule has 0 aromatic carbocycles. The number of hydrogen-bond acceptors (Lipinski definition) is 7. The lowest BCUT2D eigenvalue weighted by molar-refractivity contribution is -0.947. The van der Waals surface area contributed by atoms with Gasteiger partial charge in [-0.05, 0) is 26.7 Å². The summed E-state index contributed by atoms with van der Waals surface area (Å²) in [6.45, 7) is 10.4. The van der Waals surface area contributed by atoms with Crippen LogP contribution in [0.2, 0.25) is 0 Å². The number of nitrogens with zero attached hydrogens (tertiary/aromatic N) is 3. The molecule has 8 heteroatoms. The lowest BCUT2D eigenvalue weighted by atomic mass is 10.0. The molecule has 0 spiro atoms. The summed E-state index contributed by atoms with van der Waals surface area (Å²) in [6, 6.07) is 0. The summed E-state index contributed by atoms with van der Waals surface area (Å²) >= 11 is 1.19. The van der Waals surface area contributed by atoms with Gasteiger partial charge in [0.05, 0.1) is 38.0 Å². The van der Waals surface area contributed by atoms with E-state index in [-0.39, 0.29) is 12.3 Å². The largest absolute Gasteiger partial charge is 0.513 e. The number of hydrogen-bond donors (Lipinski definition) is 0. The Hall–Kier alpha value is -1.67. The second-order valence-corrected chi connectivity index (χ2v) is 9.72. The van der Waals surface area contributed by atoms with Gasteiger partial charge in [-0.2, -0.15) is 4.37 Å². The number of ether oxygens (including phenoxy) is 3. The van der Waals surface area contributed by atoms with Gasteiger partial charge in [0.25, 0.3) is 5.88 Å². The molecule has 0 radical (unpaired) electrons. The first-order valence-corrected chi connectivity index (χ1v) is 13.0. The third-order valence-electron chi connectivity index (χ3n) is 5.88. The van der Waals surface area contributed by atoms with Crippen molar-refractivity contribution in [2.45, 2.75) is 97.8 Å². The average Bonchev–Trinajstić information content (AvgIpc) is 3.21. The molecule has 0 amide bonds. The number of carbonyl (C=O) groups is 1. The van der Waals surface area contributed by atoms with Gasteiger partial charge in [-0.15, -0.1) is 4.37 Å². The molecule has 0 saturated carbocycles. The number of rotatable bonds is 14. The standard InChI is InChI=1S/C24H42N3O4S/c1-6-8-10-12-17-29-23-22(25-32-26-23)20-14-13-16-27(5,18-20)21(15-11-9-7-2)31-24(28)30-19(3)4/h14,19,21H,6-13,15-18H2,1-5H3/q+1. The van der Waals surface area contributed by atoms with Gasteiger partial charge < -0.3 is 14.2 Å². The topological polar surface area (TPSA) is 70.5 Å². The minimum absolute atomic E-state index is 0.195. The maximum Gasteiger partial charge on any atom is 0.513 e. The molecule has 0 fully saturated rings. The summed E-state index contributed by atoms with van der Waals surface area (Å²) in [5.41, 5.74) is 1.96. The first-order valence-electron chi connectivity index (χ1n) is 12.3. The minimum atomic E-state index is -0.580. The Labute approximate surface area is 198 Å². The fourth-order valence-corrected chi connectivity index (χ4v) is 4.58. The van der Waals surface area contributed by atoms with Crippen LogP contribution in [-0.2, 0) is 9.47 Å². The lowest BCUT2D eigenvalue weighted by Gasteiger charge is -2.42. The summed E-state index contributed by atoms with van der Waals surface area (Å²) in [7, 11) is 2.16. The van der Waals surface area contributed by atoms with Gasteiger partial charge in [-0.25, -0.2) is 4.79 Å². The molecule has 1 aliphatic rings. The highest BCUT2D eigenvalue weighted by atomic mass is 32.1. The van der Waals surface area contributed by atoms with Crippen molar-refractivity contribution in [3.05, 3.63) is 11.8 Å². The Morgan fingerprint density at radius 3 is 2.56 bits per heavy atom. The van der Waals surface area contributed by atoms with E-state index in [9.17, 15) is 4.79 Å². The molecule has 2 unspecified atom stereocenters. The molecular formula is C24H42N3O4S+. The normalized spacial score (nSPS) is 19.5. The molecule has 2 atom stereocenters. The van der Waals surface area contributed by atoms with Gasteiger partial charge in [0.2, 0.25) is 6.23 Å². The zero-order chi connectivity index (χ0) is 23.4. The van der Waals surface area contributed by atoms with E-state index in [4.69, 9.17) is 14.2 Å². The van der Waals surface area contributed by atoms with E-state index in [2.05, 4.69) is 35.7 Å². The van der Waals surface area contributed by atoms with Crippen LogP contribution in [0.25, 0.3) is 5.57 Å². The first kappa shape index (κ1) is 26.6. The van der Waals surface area contributed by atoms with Crippen LogP contribution in [0, 0.1) is 0 Å². The fourth-order valence-electron chi connectivity index (χ4n) is 4.05. The SMILES string of the molecule is CCCCCCOc1nsnc1C1=CCC[N+](C)(C(CCCCC)OC(=O)OC(C)C)C1. The van der Waals surface area contributed by atoms with E-state index in [0.29, 0.717) is 17.0 Å². The number of carbonyl (C=O) groups excluding carboxylic acids is 1. The summed E-state index contributed by atoms with van der Waals surface area (Å²) < 4.78 is 26.7. The maximum absolute atomic E-state index is 12.3. The summed E-state index contributed by atoms with van der Waals surface area (Å²) in [6.07, 6.45) is 10.8. The molecule has 1 aliphatic heterocycles. The summed E-state index contributed by atoms with van der Waals surface area (Å²) in [5, 5.41) is 0. The molecule has 2 rings (SSSR count). The fraction of sp³-hybridized carbons (Fsp3) is 0.792. The quantitative estimate of drug-likeness (QED) is 0.184. The molecule has 32 heavy (non-hydrogen) atoms. The third-order valence-corrected chi connectivity index (χ3v) is 6.39. The van der Waals surface area contributed by atoms with Crippen LogP contribution in [0.5, 0.6) is 5.88 Å². The average molecular weight is 469 g/mol. The van der Waals surface area contributed by atoms with Crippen molar-refractivity contribution in [1.29, 1.82) is 0 Å².